The van der Waals surface area contributed by atoms with Crippen molar-refractivity contribution in [3.05, 3.63) is 138 Å². The van der Waals surface area contributed by atoms with E-state index < -0.39 is 0 Å². The standard InChI is InChI=1S/C50H48N12O4/c1-4-19-61-42-22-33(13-15-39(42)45(58-61)49(64)52-24-32-7-5-10-38(20-32)66-3)36-25-55-60(28-36)26-30(2)56-48(63)35-8-6-9-37(21-35)57-50(65)46-40-16-14-34(23-43(40)62(59-46)27-31-11-12-31)44-41-17-18-51-47(41)54-29-53-44/h5-10,13-18,20-23,25,28-31H,4,11-12,19,24,26-27H2,1-3H3,(H,52,64)(H,56,63)(H,57,65)(H,51,53,54). The number of anilines is 1. The third-order valence-electron chi connectivity index (χ3n) is 11.9. The smallest absolute Gasteiger partial charge is 0.276 e. The number of carbonyl (C=O) groups is 3. The molecule has 1 aliphatic rings. The summed E-state index contributed by atoms with van der Waals surface area (Å²) in [4.78, 5) is 52.9. The maximum atomic E-state index is 13.9. The number of amides is 3. The number of aromatic nitrogens is 9. The highest BCUT2D eigenvalue weighted by Crippen LogP contribution is 2.34. The summed E-state index contributed by atoms with van der Waals surface area (Å²) >= 11 is 0. The molecule has 1 saturated carbocycles. The number of hydrogen-bond donors (Lipinski definition) is 4. The highest BCUT2D eigenvalue weighted by molar-refractivity contribution is 6.12. The molecule has 5 aromatic heterocycles. The second-order valence-electron chi connectivity index (χ2n) is 16.9. The first-order valence-electron chi connectivity index (χ1n) is 22.2. The molecular formula is C50H48N12O4. The van der Waals surface area contributed by atoms with Crippen LogP contribution in [-0.4, -0.2) is 75.2 Å². The second kappa shape index (κ2) is 17.8. The summed E-state index contributed by atoms with van der Waals surface area (Å²) in [6.45, 7) is 6.13. The van der Waals surface area contributed by atoms with Gasteiger partial charge in [0.05, 0.1) is 36.6 Å². The monoisotopic (exact) mass is 880 g/mol. The zero-order chi connectivity index (χ0) is 45.3. The molecule has 0 aliphatic heterocycles. The molecule has 0 bridgehead atoms. The normalized spacial score (nSPS) is 13.0. The van der Waals surface area contributed by atoms with E-state index >= 15 is 0 Å². The predicted molar refractivity (Wildman–Crippen MR) is 252 cm³/mol. The van der Waals surface area contributed by atoms with Gasteiger partial charge in [0.25, 0.3) is 17.7 Å². The molecule has 332 valence electrons. The molecular weight excluding hydrogens is 833 g/mol. The first-order valence-corrected chi connectivity index (χ1v) is 22.2. The van der Waals surface area contributed by atoms with Crippen LogP contribution >= 0.6 is 0 Å². The Hall–Kier alpha value is -8.14. The molecule has 9 aromatic rings. The van der Waals surface area contributed by atoms with Gasteiger partial charge in [0.15, 0.2) is 11.4 Å². The number of carbonyl (C=O) groups excluding carboxylic acids is 3. The summed E-state index contributed by atoms with van der Waals surface area (Å²) in [5.74, 6) is 0.365. The Morgan fingerprint density at radius 1 is 0.818 bits per heavy atom. The van der Waals surface area contributed by atoms with Crippen LogP contribution in [0.1, 0.15) is 70.0 Å². The van der Waals surface area contributed by atoms with E-state index in [0.717, 1.165) is 92.3 Å². The van der Waals surface area contributed by atoms with E-state index in [1.165, 1.54) is 0 Å². The fourth-order valence-electron chi connectivity index (χ4n) is 8.40. The summed E-state index contributed by atoms with van der Waals surface area (Å²) in [5.41, 5.74) is 8.50. The van der Waals surface area contributed by atoms with Gasteiger partial charge in [-0.1, -0.05) is 37.3 Å². The Labute approximate surface area is 379 Å². The number of aromatic amines is 1. The van der Waals surface area contributed by atoms with Crippen LogP contribution in [0.5, 0.6) is 5.75 Å². The third-order valence-corrected chi connectivity index (χ3v) is 11.9. The molecule has 1 unspecified atom stereocenters. The van der Waals surface area contributed by atoms with Crippen LogP contribution in [0.2, 0.25) is 0 Å². The van der Waals surface area contributed by atoms with Crippen LogP contribution in [0.3, 0.4) is 0 Å². The van der Waals surface area contributed by atoms with E-state index in [2.05, 4.69) is 42.9 Å². The van der Waals surface area contributed by atoms with Gasteiger partial charge >= 0.3 is 0 Å². The van der Waals surface area contributed by atoms with Crippen LogP contribution in [-0.2, 0) is 26.2 Å². The molecule has 5 heterocycles. The fourth-order valence-corrected chi connectivity index (χ4v) is 8.40. The number of benzene rings is 4. The minimum atomic E-state index is -0.363. The van der Waals surface area contributed by atoms with Crippen LogP contribution in [0.15, 0.2) is 116 Å². The van der Waals surface area contributed by atoms with E-state index in [1.54, 1.807) is 48.6 Å². The maximum absolute atomic E-state index is 13.9. The van der Waals surface area contributed by atoms with Crippen LogP contribution in [0.25, 0.3) is 55.2 Å². The summed E-state index contributed by atoms with van der Waals surface area (Å²) < 4.78 is 10.9. The van der Waals surface area contributed by atoms with Gasteiger partial charge in [-0.2, -0.15) is 15.3 Å². The molecule has 0 saturated heterocycles. The number of H-pyrrole nitrogens is 1. The van der Waals surface area contributed by atoms with Crippen molar-refractivity contribution >= 4 is 56.2 Å². The first-order chi connectivity index (χ1) is 32.2. The molecule has 1 atom stereocenters. The van der Waals surface area contributed by atoms with Gasteiger partial charge in [-0.25, -0.2) is 9.97 Å². The van der Waals surface area contributed by atoms with Crippen molar-refractivity contribution in [2.24, 2.45) is 5.92 Å². The van der Waals surface area contributed by atoms with Gasteiger partial charge in [0, 0.05) is 76.6 Å². The van der Waals surface area contributed by atoms with Gasteiger partial charge < -0.3 is 25.7 Å². The topological polar surface area (TPSA) is 192 Å². The molecule has 0 spiro atoms. The molecule has 1 aliphatic carbocycles. The number of nitrogens with one attached hydrogen (secondary N) is 4. The average molecular weight is 881 g/mol. The van der Waals surface area contributed by atoms with Gasteiger partial charge in [0.2, 0.25) is 0 Å². The molecule has 1 fully saturated rings. The van der Waals surface area contributed by atoms with Gasteiger partial charge in [-0.3, -0.25) is 28.4 Å². The summed E-state index contributed by atoms with van der Waals surface area (Å²) in [5, 5.41) is 25.6. The Bertz CT molecular complexity index is 3280. The Morgan fingerprint density at radius 2 is 1.59 bits per heavy atom. The highest BCUT2D eigenvalue weighted by Gasteiger charge is 2.26. The van der Waals surface area contributed by atoms with Gasteiger partial charge in [-0.15, -0.1) is 0 Å². The number of hydrogen-bond acceptors (Lipinski definition) is 9. The van der Waals surface area contributed by atoms with Crippen molar-refractivity contribution in [1.29, 1.82) is 0 Å². The Kier molecular flexibility index (Phi) is 11.3. The Morgan fingerprint density at radius 3 is 2.41 bits per heavy atom. The lowest BCUT2D eigenvalue weighted by Gasteiger charge is -2.14. The molecule has 4 aromatic carbocycles. The first kappa shape index (κ1) is 41.8. The molecule has 16 heteroatoms. The number of rotatable bonds is 16. The second-order valence-corrected chi connectivity index (χ2v) is 16.9. The van der Waals surface area contributed by atoms with Crippen LogP contribution in [0, 0.1) is 5.92 Å². The van der Waals surface area contributed by atoms with E-state index in [4.69, 9.17) is 14.9 Å². The zero-order valence-corrected chi connectivity index (χ0v) is 36.8. The van der Waals surface area contributed by atoms with Crippen molar-refractivity contribution in [3.8, 4) is 28.1 Å². The number of methoxy groups -OCH3 is 1. The van der Waals surface area contributed by atoms with Crippen molar-refractivity contribution in [2.75, 3.05) is 12.4 Å². The lowest BCUT2D eigenvalue weighted by molar-refractivity contribution is 0.0931. The van der Waals surface area contributed by atoms with Crippen molar-refractivity contribution in [2.45, 2.75) is 65.3 Å². The highest BCUT2D eigenvalue weighted by atomic mass is 16.5. The molecule has 66 heavy (non-hydrogen) atoms. The number of ether oxygens (including phenoxy) is 1. The summed E-state index contributed by atoms with van der Waals surface area (Å²) in [7, 11) is 1.62. The Balaban J connectivity index is 0.796. The van der Waals surface area contributed by atoms with Gasteiger partial charge in [0.1, 0.15) is 17.7 Å². The minimum absolute atomic E-state index is 0.250. The lowest BCUT2D eigenvalue weighted by Crippen LogP contribution is -2.35. The largest absolute Gasteiger partial charge is 0.497 e. The van der Waals surface area contributed by atoms with Gasteiger partial charge in [-0.05, 0) is 104 Å². The molecule has 16 nitrogen and oxygen atoms in total. The minimum Gasteiger partial charge on any atom is -0.497 e. The SMILES string of the molecule is CCCn1nc(C(=O)NCc2cccc(OC)c2)c2ccc(-c3cnn(CC(C)NC(=O)c4cccc(NC(=O)c5nn(CC6CC6)c6cc(-c7ncnc8[nH]ccc78)ccc56)c4)c3)cc21. The quantitative estimate of drug-likeness (QED) is 0.0744. The van der Waals surface area contributed by atoms with Crippen molar-refractivity contribution in [3.63, 3.8) is 0 Å². The van der Waals surface area contributed by atoms with Crippen molar-refractivity contribution in [1.82, 2.24) is 54.9 Å². The molecule has 10 rings (SSSR count). The average Bonchev–Trinajstić information content (AvgIpc) is 3.64. The van der Waals surface area contributed by atoms with Crippen LogP contribution in [0.4, 0.5) is 5.69 Å². The summed E-state index contributed by atoms with van der Waals surface area (Å²) in [6.07, 6.45) is 10.2. The van der Waals surface area contributed by atoms with Crippen LogP contribution < -0.4 is 20.7 Å². The van der Waals surface area contributed by atoms with E-state index in [1.807, 2.05) is 95.4 Å². The van der Waals surface area contributed by atoms with E-state index in [0.29, 0.717) is 48.2 Å². The molecule has 3 amide bonds. The fraction of sp³-hybridized carbons (Fsp3) is 0.240. The number of nitrogens with zero attached hydrogens (tertiary/aromatic N) is 8. The lowest BCUT2D eigenvalue weighted by atomic mass is 10.1. The molecule has 0 radical (unpaired) electrons. The zero-order valence-electron chi connectivity index (χ0n) is 36.8. The van der Waals surface area contributed by atoms with Crippen molar-refractivity contribution < 1.29 is 19.1 Å². The third kappa shape index (κ3) is 8.59. The van der Waals surface area contributed by atoms with E-state index in [-0.39, 0.29) is 23.8 Å². The maximum Gasteiger partial charge on any atom is 0.276 e. The van der Waals surface area contributed by atoms with E-state index in [9.17, 15) is 14.4 Å². The predicted octanol–water partition coefficient (Wildman–Crippen LogP) is 8.02. The molecule has 4 N–H and O–H groups in total. The summed E-state index contributed by atoms with van der Waals surface area (Å²) in [6, 6.07) is 28.0. The number of aryl methyl sites for hydroxylation is 1. The number of fused-ring (bicyclic) bond motifs is 3.